The highest BCUT2D eigenvalue weighted by Gasteiger charge is 2.25. The molecule has 0 atom stereocenters. The number of rotatable bonds is 26. The Hall–Kier alpha value is -2.44. The molecule has 0 heterocycles. The van der Waals surface area contributed by atoms with Crippen LogP contribution in [0.2, 0.25) is 0 Å². The van der Waals surface area contributed by atoms with Crippen LogP contribution in [0, 0.1) is 0 Å². The third-order valence-corrected chi connectivity index (χ3v) is 10.3. The normalized spacial score (nSPS) is 11.4. The van der Waals surface area contributed by atoms with Crippen molar-refractivity contribution >= 4 is 22.7 Å². The first kappa shape index (κ1) is 47.6. The summed E-state index contributed by atoms with van der Waals surface area (Å²) in [6.07, 6.45) is 22.1. The molecule has 288 valence electrons. The standard InChI is InChI=1S/2C16H36N.C12H8O4/c2*1-5-9-13-17(14-10-6-2,15-11-7-3)16-12-8-4;13-11(14)9-5-6-10(12(15)16)8-4-2-1-3-7(8)9/h2*5-16H2,1-4H3;1-6H,(H,13,14)(H,15,16)/q2*+1;/p-2. The largest absolute Gasteiger partial charge is 0.545 e. The molecule has 0 aliphatic carbocycles. The molecule has 0 unspecified atom stereocenters. The quantitative estimate of drug-likeness (QED) is 0.0917. The maximum atomic E-state index is 10.8. The van der Waals surface area contributed by atoms with Gasteiger partial charge >= 0.3 is 0 Å². The average Bonchev–Trinajstić information content (AvgIpc) is 3.13. The molecule has 0 saturated carbocycles. The smallest absolute Gasteiger partial charge is 0.0786 e. The number of benzene rings is 2. The van der Waals surface area contributed by atoms with E-state index in [1.807, 2.05) is 0 Å². The summed E-state index contributed by atoms with van der Waals surface area (Å²) in [4.78, 5) is 21.6. The van der Waals surface area contributed by atoms with E-state index in [1.165, 1.54) is 188 Å². The molecular formula is C44H78N2O4. The van der Waals surface area contributed by atoms with Gasteiger partial charge in [-0.3, -0.25) is 0 Å². The number of hydrogen-bond donors (Lipinski definition) is 0. The summed E-state index contributed by atoms with van der Waals surface area (Å²) in [5, 5.41) is 22.3. The number of carboxylic acids is 2. The van der Waals surface area contributed by atoms with Crippen molar-refractivity contribution in [3.63, 3.8) is 0 Å². The first-order valence-electron chi connectivity index (χ1n) is 20.7. The number of aromatic carboxylic acids is 2. The number of fused-ring (bicyclic) bond motifs is 1. The maximum Gasteiger partial charge on any atom is 0.0786 e. The number of unbranched alkanes of at least 4 members (excludes halogenated alkanes) is 8. The average molecular weight is 699 g/mol. The molecule has 0 spiro atoms. The minimum Gasteiger partial charge on any atom is -0.545 e. The van der Waals surface area contributed by atoms with E-state index in [0.717, 1.165) is 0 Å². The summed E-state index contributed by atoms with van der Waals surface area (Å²) < 4.78 is 2.84. The molecule has 6 nitrogen and oxygen atoms in total. The van der Waals surface area contributed by atoms with Crippen molar-refractivity contribution in [2.45, 2.75) is 158 Å². The molecule has 0 amide bonds. The highest BCUT2D eigenvalue weighted by molar-refractivity contribution is 6.10. The van der Waals surface area contributed by atoms with Gasteiger partial charge in [0, 0.05) is 11.1 Å². The van der Waals surface area contributed by atoms with Gasteiger partial charge in [0.05, 0.1) is 64.3 Å². The van der Waals surface area contributed by atoms with Crippen LogP contribution in [0.15, 0.2) is 36.4 Å². The van der Waals surface area contributed by atoms with Crippen molar-refractivity contribution in [1.29, 1.82) is 0 Å². The maximum absolute atomic E-state index is 10.8. The first-order valence-corrected chi connectivity index (χ1v) is 20.7. The molecule has 0 radical (unpaired) electrons. The molecule has 2 aromatic carbocycles. The van der Waals surface area contributed by atoms with Gasteiger partial charge in [0.1, 0.15) is 0 Å². The number of nitrogens with zero attached hydrogens (tertiary/aromatic N) is 2. The molecule has 0 fully saturated rings. The van der Waals surface area contributed by atoms with Gasteiger partial charge in [-0.05, 0) is 62.1 Å². The zero-order chi connectivity index (χ0) is 37.7. The fourth-order valence-electron chi connectivity index (χ4n) is 6.94. The van der Waals surface area contributed by atoms with E-state index in [1.54, 1.807) is 12.1 Å². The highest BCUT2D eigenvalue weighted by atomic mass is 16.4. The SMILES string of the molecule is CCCC[N+](CCCC)(CCCC)CCCC.CCCC[N+](CCCC)(CCCC)CCCC.O=C([O-])c1ccc(C(=O)[O-])c2ccccc12. The zero-order valence-corrected chi connectivity index (χ0v) is 34.0. The lowest BCUT2D eigenvalue weighted by Gasteiger charge is -2.39. The highest BCUT2D eigenvalue weighted by Crippen LogP contribution is 2.22. The number of carbonyl (C=O) groups is 2. The van der Waals surface area contributed by atoms with Crippen LogP contribution in [0.25, 0.3) is 10.8 Å². The lowest BCUT2D eigenvalue weighted by atomic mass is 10.00. The van der Waals surface area contributed by atoms with Crippen LogP contribution in [0.4, 0.5) is 0 Å². The van der Waals surface area contributed by atoms with Crippen LogP contribution in [-0.2, 0) is 0 Å². The van der Waals surface area contributed by atoms with Gasteiger partial charge in [0.2, 0.25) is 0 Å². The molecule has 0 bridgehead atoms. The Kier molecular flexibility index (Phi) is 27.7. The lowest BCUT2D eigenvalue weighted by Crippen LogP contribution is -2.50. The van der Waals surface area contributed by atoms with Crippen LogP contribution < -0.4 is 10.2 Å². The van der Waals surface area contributed by atoms with Crippen LogP contribution in [0.5, 0.6) is 0 Å². The van der Waals surface area contributed by atoms with Gasteiger partial charge < -0.3 is 28.8 Å². The number of quaternary nitrogens is 2. The van der Waals surface area contributed by atoms with Gasteiger partial charge in [-0.15, -0.1) is 0 Å². The van der Waals surface area contributed by atoms with Gasteiger partial charge in [0.25, 0.3) is 0 Å². The van der Waals surface area contributed by atoms with Crippen molar-refractivity contribution in [1.82, 2.24) is 0 Å². The molecule has 0 saturated heterocycles. The van der Waals surface area contributed by atoms with Crippen molar-refractivity contribution in [2.75, 3.05) is 52.4 Å². The minimum absolute atomic E-state index is 0.0272. The number of hydrogen-bond acceptors (Lipinski definition) is 4. The molecule has 6 heteroatoms. The summed E-state index contributed by atoms with van der Waals surface area (Å²) in [7, 11) is 0. The molecule has 0 aliphatic heterocycles. The van der Waals surface area contributed by atoms with Gasteiger partial charge in [-0.25, -0.2) is 0 Å². The van der Waals surface area contributed by atoms with Gasteiger partial charge in [0.15, 0.2) is 0 Å². The molecule has 0 aliphatic rings. The Morgan fingerprint density at radius 1 is 0.400 bits per heavy atom. The Labute approximate surface area is 308 Å². The summed E-state index contributed by atoms with van der Waals surface area (Å²) in [5.74, 6) is -2.66. The van der Waals surface area contributed by atoms with Crippen LogP contribution in [0.1, 0.15) is 179 Å². The van der Waals surface area contributed by atoms with Crippen molar-refractivity contribution in [3.8, 4) is 0 Å². The Balaban J connectivity index is 0.000000720. The molecule has 50 heavy (non-hydrogen) atoms. The molecular weight excluding hydrogens is 620 g/mol. The van der Waals surface area contributed by atoms with Crippen LogP contribution >= 0.6 is 0 Å². The summed E-state index contributed by atoms with van der Waals surface area (Å²) in [6, 6.07) is 8.76. The predicted octanol–water partition coefficient (Wildman–Crippen LogP) is 9.57. The molecule has 0 N–H and O–H groups in total. The van der Waals surface area contributed by atoms with Gasteiger partial charge in [-0.2, -0.15) is 0 Å². The van der Waals surface area contributed by atoms with E-state index >= 15 is 0 Å². The van der Waals surface area contributed by atoms with Crippen molar-refractivity contribution in [3.05, 3.63) is 47.5 Å². The number of carboxylic acid groups (broad SMARTS) is 2. The topological polar surface area (TPSA) is 80.3 Å². The van der Waals surface area contributed by atoms with E-state index in [4.69, 9.17) is 0 Å². The Bertz CT molecular complexity index is 985. The molecule has 0 aromatic heterocycles. The first-order chi connectivity index (χ1) is 24.1. The molecule has 2 rings (SSSR count). The van der Waals surface area contributed by atoms with E-state index in [2.05, 4.69) is 55.4 Å². The fourth-order valence-corrected chi connectivity index (χ4v) is 6.94. The van der Waals surface area contributed by atoms with Gasteiger partial charge in [-0.1, -0.05) is 143 Å². The van der Waals surface area contributed by atoms with E-state index in [9.17, 15) is 19.8 Å². The Morgan fingerprint density at radius 3 is 0.760 bits per heavy atom. The van der Waals surface area contributed by atoms with Crippen LogP contribution in [0.3, 0.4) is 0 Å². The fraction of sp³-hybridized carbons (Fsp3) is 0.727. The summed E-state index contributed by atoms with van der Waals surface area (Å²) in [5.41, 5.74) is -0.0544. The Morgan fingerprint density at radius 2 is 0.600 bits per heavy atom. The van der Waals surface area contributed by atoms with E-state index < -0.39 is 11.9 Å². The monoisotopic (exact) mass is 699 g/mol. The van der Waals surface area contributed by atoms with Crippen molar-refractivity contribution in [2.24, 2.45) is 0 Å². The van der Waals surface area contributed by atoms with Crippen molar-refractivity contribution < 1.29 is 28.8 Å². The van der Waals surface area contributed by atoms with E-state index in [-0.39, 0.29) is 11.1 Å². The second-order valence-electron chi connectivity index (χ2n) is 14.6. The minimum atomic E-state index is -1.33. The summed E-state index contributed by atoms with van der Waals surface area (Å²) >= 11 is 0. The van der Waals surface area contributed by atoms with Crippen LogP contribution in [-0.4, -0.2) is 73.3 Å². The lowest BCUT2D eigenvalue weighted by molar-refractivity contribution is -0.929. The summed E-state index contributed by atoms with van der Waals surface area (Å²) in [6.45, 7) is 30.0. The number of carbonyl (C=O) groups excluding carboxylic acids is 2. The second-order valence-corrected chi connectivity index (χ2v) is 14.6. The predicted molar refractivity (Wildman–Crippen MR) is 211 cm³/mol. The zero-order valence-electron chi connectivity index (χ0n) is 34.0. The third kappa shape index (κ3) is 18.7. The second kappa shape index (κ2) is 29.2. The third-order valence-electron chi connectivity index (χ3n) is 10.3. The molecule has 2 aromatic rings. The van der Waals surface area contributed by atoms with E-state index in [0.29, 0.717) is 10.8 Å².